The predicted octanol–water partition coefficient (Wildman–Crippen LogP) is 1.08. The van der Waals surface area contributed by atoms with Crippen LogP contribution < -0.4 is 5.32 Å². The predicted molar refractivity (Wildman–Crippen MR) is 83.0 cm³/mol. The topological polar surface area (TPSA) is 128 Å². The zero-order chi connectivity index (χ0) is 17.8. The molecule has 0 saturated heterocycles. The highest BCUT2D eigenvalue weighted by Crippen LogP contribution is 1.99. The van der Waals surface area contributed by atoms with E-state index in [4.69, 9.17) is 24.6 Å². The lowest BCUT2D eigenvalue weighted by molar-refractivity contribution is -0.159. The van der Waals surface area contributed by atoms with Gasteiger partial charge in [-0.1, -0.05) is 19.0 Å². The fourth-order valence-corrected chi connectivity index (χ4v) is 1.08. The highest BCUT2D eigenvalue weighted by molar-refractivity contribution is 6.27. The number of hydrogen-bond donors (Lipinski definition) is 4. The van der Waals surface area contributed by atoms with Crippen molar-refractivity contribution in [2.45, 2.75) is 59.1 Å². The fourth-order valence-electron chi connectivity index (χ4n) is 1.08. The second kappa shape index (κ2) is 11.9. The molecule has 0 heterocycles. The molecule has 8 nitrogen and oxygen atoms in total. The maximum atomic E-state index is 9.61. The highest BCUT2D eigenvalue weighted by atomic mass is 16.6. The van der Waals surface area contributed by atoms with Gasteiger partial charge in [-0.2, -0.15) is 0 Å². The summed E-state index contributed by atoms with van der Waals surface area (Å²) in [5.74, 6) is -3.65. The van der Waals surface area contributed by atoms with Crippen LogP contribution in [-0.4, -0.2) is 57.8 Å². The minimum atomic E-state index is -1.82. The molecule has 0 aromatic rings. The average Bonchev–Trinajstić information content (AvgIpc) is 2.41. The van der Waals surface area contributed by atoms with Gasteiger partial charge in [-0.05, 0) is 33.6 Å². The normalized spacial score (nSPS) is 11.7. The van der Waals surface area contributed by atoms with Gasteiger partial charge in [0.25, 0.3) is 0 Å². The summed E-state index contributed by atoms with van der Waals surface area (Å²) in [7, 11) is 0. The van der Waals surface area contributed by atoms with Gasteiger partial charge in [0.2, 0.25) is 0 Å². The number of nitrogens with one attached hydrogen (secondary N) is 1. The van der Waals surface area contributed by atoms with Crippen molar-refractivity contribution in [3.05, 3.63) is 0 Å². The lowest BCUT2D eigenvalue weighted by Gasteiger charge is -2.22. The van der Waals surface area contributed by atoms with Gasteiger partial charge in [0.15, 0.2) is 0 Å². The molecule has 0 aromatic carbocycles. The van der Waals surface area contributed by atoms with Crippen LogP contribution in [0.15, 0.2) is 5.16 Å². The zero-order valence-electron chi connectivity index (χ0n) is 13.9. The van der Waals surface area contributed by atoms with Crippen LogP contribution in [0, 0.1) is 0 Å². The third-order valence-corrected chi connectivity index (χ3v) is 2.33. The van der Waals surface area contributed by atoms with Crippen molar-refractivity contribution in [2.24, 2.45) is 5.16 Å². The smallest absolute Gasteiger partial charge is 0.414 e. The number of carbonyl (C=O) groups is 2. The van der Waals surface area contributed by atoms with E-state index in [-0.39, 0.29) is 12.1 Å². The standard InChI is InChI=1S/C12H26N2O2.C2H2O4/c1-6-10(7-2)14-16-9-11(15)8-13-12(3,4)5;3-1(4)2(5)6/h11,13,15H,6-9H2,1-5H3;(H,3,4)(H,5,6). The van der Waals surface area contributed by atoms with Gasteiger partial charge in [0.1, 0.15) is 12.7 Å². The molecular weight excluding hydrogens is 292 g/mol. The van der Waals surface area contributed by atoms with E-state index in [2.05, 4.69) is 31.2 Å². The Morgan fingerprint density at radius 1 is 1.14 bits per heavy atom. The monoisotopic (exact) mass is 320 g/mol. The number of nitrogens with zero attached hydrogens (tertiary/aromatic N) is 1. The Labute approximate surface area is 131 Å². The quantitative estimate of drug-likeness (QED) is 0.314. The van der Waals surface area contributed by atoms with E-state index >= 15 is 0 Å². The van der Waals surface area contributed by atoms with E-state index in [0.29, 0.717) is 6.54 Å². The van der Waals surface area contributed by atoms with E-state index in [1.807, 2.05) is 13.8 Å². The Bertz CT molecular complexity index is 345. The molecule has 130 valence electrons. The molecular formula is C14H28N2O6. The van der Waals surface area contributed by atoms with E-state index in [9.17, 15) is 5.11 Å². The van der Waals surface area contributed by atoms with Crippen LogP contribution in [0.4, 0.5) is 0 Å². The van der Waals surface area contributed by atoms with E-state index < -0.39 is 18.0 Å². The molecule has 22 heavy (non-hydrogen) atoms. The number of aliphatic carboxylic acids is 2. The Hall–Kier alpha value is -1.67. The largest absolute Gasteiger partial charge is 0.473 e. The first kappa shape index (κ1) is 22.6. The van der Waals surface area contributed by atoms with E-state index in [0.717, 1.165) is 18.6 Å². The summed E-state index contributed by atoms with van der Waals surface area (Å²) in [6.07, 6.45) is 1.28. The minimum Gasteiger partial charge on any atom is -0.473 e. The number of aliphatic hydroxyl groups is 1. The van der Waals surface area contributed by atoms with Crippen LogP contribution in [0.2, 0.25) is 0 Å². The number of rotatable bonds is 7. The molecule has 0 fully saturated rings. The maximum Gasteiger partial charge on any atom is 0.414 e. The maximum absolute atomic E-state index is 9.61. The molecule has 0 radical (unpaired) electrons. The molecule has 8 heteroatoms. The summed E-state index contributed by atoms with van der Waals surface area (Å²) in [5.41, 5.74) is 1.04. The fraction of sp³-hybridized carbons (Fsp3) is 0.786. The Morgan fingerprint density at radius 3 is 1.91 bits per heavy atom. The van der Waals surface area contributed by atoms with Crippen LogP contribution in [0.3, 0.4) is 0 Å². The summed E-state index contributed by atoms with van der Waals surface area (Å²) in [6.45, 7) is 11.0. The summed E-state index contributed by atoms with van der Waals surface area (Å²) < 4.78 is 0. The summed E-state index contributed by atoms with van der Waals surface area (Å²) >= 11 is 0. The number of aliphatic hydroxyl groups excluding tert-OH is 1. The first-order valence-electron chi connectivity index (χ1n) is 7.10. The SMILES string of the molecule is CCC(CC)=NOCC(O)CNC(C)(C)C.O=C(O)C(=O)O. The third kappa shape index (κ3) is 16.4. The molecule has 0 spiro atoms. The molecule has 4 N–H and O–H groups in total. The zero-order valence-corrected chi connectivity index (χ0v) is 13.9. The van der Waals surface area contributed by atoms with E-state index in [1.54, 1.807) is 0 Å². The number of carboxylic acid groups (broad SMARTS) is 2. The van der Waals surface area contributed by atoms with Crippen LogP contribution in [0.1, 0.15) is 47.5 Å². The van der Waals surface area contributed by atoms with Crippen LogP contribution in [0.25, 0.3) is 0 Å². The lowest BCUT2D eigenvalue weighted by Crippen LogP contribution is -2.42. The van der Waals surface area contributed by atoms with Crippen molar-refractivity contribution in [3.63, 3.8) is 0 Å². The second-order valence-corrected chi connectivity index (χ2v) is 5.56. The van der Waals surface area contributed by atoms with Gasteiger partial charge in [-0.25, -0.2) is 9.59 Å². The van der Waals surface area contributed by atoms with Crippen molar-refractivity contribution in [2.75, 3.05) is 13.2 Å². The van der Waals surface area contributed by atoms with Crippen molar-refractivity contribution in [1.29, 1.82) is 0 Å². The number of hydrogen-bond acceptors (Lipinski definition) is 6. The third-order valence-electron chi connectivity index (χ3n) is 2.33. The molecule has 0 aliphatic carbocycles. The summed E-state index contributed by atoms with van der Waals surface area (Å²) in [6, 6.07) is 0. The molecule has 1 unspecified atom stereocenters. The van der Waals surface area contributed by atoms with Crippen molar-refractivity contribution >= 4 is 17.7 Å². The van der Waals surface area contributed by atoms with Gasteiger partial charge in [-0.3, -0.25) is 0 Å². The molecule has 1 atom stereocenters. The summed E-state index contributed by atoms with van der Waals surface area (Å²) in [5, 5.41) is 31.6. The Balaban J connectivity index is 0. The van der Waals surface area contributed by atoms with Crippen LogP contribution in [-0.2, 0) is 14.4 Å². The van der Waals surface area contributed by atoms with Crippen LogP contribution in [0.5, 0.6) is 0 Å². The second-order valence-electron chi connectivity index (χ2n) is 5.56. The number of carboxylic acids is 2. The number of oxime groups is 1. The number of β-amino-alcohol motifs (C(OH)–C–C–N with tert-alkyl or cyclic N) is 1. The minimum absolute atomic E-state index is 0.0161. The molecule has 0 aromatic heterocycles. The molecule has 0 aliphatic rings. The first-order chi connectivity index (χ1) is 10.0. The molecule has 0 aliphatic heterocycles. The molecule has 0 amide bonds. The van der Waals surface area contributed by atoms with Gasteiger partial charge in [0.05, 0.1) is 5.71 Å². The van der Waals surface area contributed by atoms with Crippen LogP contribution >= 0.6 is 0 Å². The molecule has 0 rings (SSSR count). The first-order valence-corrected chi connectivity index (χ1v) is 7.10. The van der Waals surface area contributed by atoms with Gasteiger partial charge < -0.3 is 25.5 Å². The highest BCUT2D eigenvalue weighted by Gasteiger charge is 2.12. The molecule has 0 bridgehead atoms. The van der Waals surface area contributed by atoms with E-state index in [1.165, 1.54) is 0 Å². The summed E-state index contributed by atoms with van der Waals surface area (Å²) in [4.78, 5) is 23.3. The van der Waals surface area contributed by atoms with Crippen molar-refractivity contribution < 1.29 is 29.7 Å². The van der Waals surface area contributed by atoms with Crippen molar-refractivity contribution in [3.8, 4) is 0 Å². The average molecular weight is 320 g/mol. The Kier molecular flexibility index (Phi) is 12.3. The Morgan fingerprint density at radius 2 is 1.59 bits per heavy atom. The molecule has 0 saturated carbocycles. The van der Waals surface area contributed by atoms with Gasteiger partial charge in [0, 0.05) is 12.1 Å². The van der Waals surface area contributed by atoms with Gasteiger partial charge in [-0.15, -0.1) is 0 Å². The van der Waals surface area contributed by atoms with Gasteiger partial charge >= 0.3 is 11.9 Å². The van der Waals surface area contributed by atoms with Crippen molar-refractivity contribution in [1.82, 2.24) is 5.32 Å². The lowest BCUT2D eigenvalue weighted by atomic mass is 10.1.